The van der Waals surface area contributed by atoms with Crippen molar-refractivity contribution in [3.05, 3.63) is 70.8 Å². The number of fused-ring (bicyclic) bond motifs is 1. The van der Waals surface area contributed by atoms with E-state index in [2.05, 4.69) is 0 Å². The van der Waals surface area contributed by atoms with Crippen molar-refractivity contribution in [3.63, 3.8) is 0 Å². The molecule has 1 aliphatic heterocycles. The molecular weight excluding hydrogens is 295 g/mol. The van der Waals surface area contributed by atoms with E-state index in [1.807, 2.05) is 0 Å². The molecule has 3 nitrogen and oxygen atoms in total. The molecule has 6 heteroatoms. The molecule has 1 heterocycles. The number of benzene rings is 2. The van der Waals surface area contributed by atoms with E-state index in [-0.39, 0.29) is 16.7 Å². The summed E-state index contributed by atoms with van der Waals surface area (Å²) < 4.78 is 39.0. The van der Waals surface area contributed by atoms with E-state index in [4.69, 9.17) is 0 Å². The molecule has 1 aliphatic rings. The van der Waals surface area contributed by atoms with Gasteiger partial charge >= 0.3 is 6.18 Å². The van der Waals surface area contributed by atoms with Crippen LogP contribution in [-0.4, -0.2) is 16.7 Å². The van der Waals surface area contributed by atoms with Crippen LogP contribution in [0, 0.1) is 0 Å². The smallest absolute Gasteiger partial charge is 0.270 e. The normalized spacial score (nSPS) is 14.4. The molecule has 0 fully saturated rings. The van der Waals surface area contributed by atoms with Gasteiger partial charge in [-0.3, -0.25) is 14.5 Å². The van der Waals surface area contributed by atoms with Gasteiger partial charge in [-0.15, -0.1) is 0 Å². The SMILES string of the molecule is O=C1c2ccccc2C(=O)N1Cc1ccccc1C(F)(F)F. The quantitative estimate of drug-likeness (QED) is 0.796. The van der Waals surface area contributed by atoms with Crippen LogP contribution in [0.15, 0.2) is 48.5 Å². The second-order valence-corrected chi connectivity index (χ2v) is 4.90. The summed E-state index contributed by atoms with van der Waals surface area (Å²) in [5, 5.41) is 0. The third kappa shape index (κ3) is 2.26. The molecule has 0 saturated carbocycles. The van der Waals surface area contributed by atoms with Crippen molar-refractivity contribution < 1.29 is 22.8 Å². The van der Waals surface area contributed by atoms with E-state index in [9.17, 15) is 22.8 Å². The van der Waals surface area contributed by atoms with Crippen LogP contribution in [0.5, 0.6) is 0 Å². The summed E-state index contributed by atoms with van der Waals surface area (Å²) in [5.74, 6) is -1.14. The number of nitrogens with zero attached hydrogens (tertiary/aromatic N) is 1. The fraction of sp³-hybridized carbons (Fsp3) is 0.125. The number of halogens is 3. The lowest BCUT2D eigenvalue weighted by Gasteiger charge is -2.18. The Morgan fingerprint density at radius 2 is 1.32 bits per heavy atom. The van der Waals surface area contributed by atoms with Gasteiger partial charge in [0.1, 0.15) is 0 Å². The van der Waals surface area contributed by atoms with Crippen molar-refractivity contribution in [3.8, 4) is 0 Å². The van der Waals surface area contributed by atoms with Gasteiger partial charge in [-0.2, -0.15) is 13.2 Å². The average Bonchev–Trinajstić information content (AvgIpc) is 2.72. The Balaban J connectivity index is 1.97. The number of imide groups is 1. The Hall–Kier alpha value is -2.63. The first-order chi connectivity index (χ1) is 10.4. The van der Waals surface area contributed by atoms with Gasteiger partial charge in [0.15, 0.2) is 0 Å². The molecule has 0 aromatic heterocycles. The van der Waals surface area contributed by atoms with Crippen molar-refractivity contribution in [2.24, 2.45) is 0 Å². The Labute approximate surface area is 124 Å². The van der Waals surface area contributed by atoms with E-state index < -0.39 is 30.1 Å². The van der Waals surface area contributed by atoms with Crippen LogP contribution in [0.3, 0.4) is 0 Å². The number of hydrogen-bond acceptors (Lipinski definition) is 2. The highest BCUT2D eigenvalue weighted by Gasteiger charge is 2.38. The van der Waals surface area contributed by atoms with Gasteiger partial charge in [0.2, 0.25) is 0 Å². The van der Waals surface area contributed by atoms with Crippen molar-refractivity contribution in [1.82, 2.24) is 4.90 Å². The Morgan fingerprint density at radius 3 is 1.86 bits per heavy atom. The average molecular weight is 305 g/mol. The fourth-order valence-electron chi connectivity index (χ4n) is 2.49. The molecule has 0 N–H and O–H groups in total. The second-order valence-electron chi connectivity index (χ2n) is 4.90. The maximum Gasteiger partial charge on any atom is 0.416 e. The number of alkyl halides is 3. The molecule has 0 spiro atoms. The summed E-state index contributed by atoms with van der Waals surface area (Å²) in [6.45, 7) is -0.401. The Morgan fingerprint density at radius 1 is 0.818 bits per heavy atom. The number of carbonyl (C=O) groups is 2. The van der Waals surface area contributed by atoms with Gasteiger partial charge in [0.25, 0.3) is 11.8 Å². The Bertz CT molecular complexity index is 733. The minimum Gasteiger partial charge on any atom is -0.270 e. The lowest BCUT2D eigenvalue weighted by atomic mass is 10.1. The summed E-state index contributed by atoms with van der Waals surface area (Å²) in [6.07, 6.45) is -4.53. The molecule has 0 atom stereocenters. The highest BCUT2D eigenvalue weighted by atomic mass is 19.4. The molecule has 0 bridgehead atoms. The summed E-state index contributed by atoms with van der Waals surface area (Å²) in [4.78, 5) is 25.2. The van der Waals surface area contributed by atoms with E-state index >= 15 is 0 Å². The molecule has 0 aliphatic carbocycles. The third-order valence-electron chi connectivity index (χ3n) is 3.53. The van der Waals surface area contributed by atoms with E-state index in [1.165, 1.54) is 30.3 Å². The van der Waals surface area contributed by atoms with Gasteiger partial charge in [0.05, 0.1) is 23.2 Å². The first-order valence-corrected chi connectivity index (χ1v) is 6.50. The maximum absolute atomic E-state index is 13.0. The van der Waals surface area contributed by atoms with Crippen LogP contribution in [0.4, 0.5) is 13.2 Å². The van der Waals surface area contributed by atoms with Crippen LogP contribution in [0.1, 0.15) is 31.8 Å². The second kappa shape index (κ2) is 4.98. The van der Waals surface area contributed by atoms with Crippen molar-refractivity contribution in [2.45, 2.75) is 12.7 Å². The van der Waals surface area contributed by atoms with Crippen LogP contribution >= 0.6 is 0 Å². The zero-order valence-corrected chi connectivity index (χ0v) is 11.2. The zero-order chi connectivity index (χ0) is 15.9. The number of hydrogen-bond donors (Lipinski definition) is 0. The lowest BCUT2D eigenvalue weighted by Crippen LogP contribution is -2.30. The summed E-state index contributed by atoms with van der Waals surface area (Å²) in [6, 6.07) is 11.1. The topological polar surface area (TPSA) is 37.4 Å². The molecule has 0 radical (unpaired) electrons. The van der Waals surface area contributed by atoms with E-state index in [0.29, 0.717) is 0 Å². The monoisotopic (exact) mass is 305 g/mol. The van der Waals surface area contributed by atoms with Crippen LogP contribution in [-0.2, 0) is 12.7 Å². The van der Waals surface area contributed by atoms with Crippen molar-refractivity contribution in [2.75, 3.05) is 0 Å². The molecule has 0 unspecified atom stereocenters. The number of amides is 2. The third-order valence-corrected chi connectivity index (χ3v) is 3.53. The molecule has 0 saturated heterocycles. The fourth-order valence-corrected chi connectivity index (χ4v) is 2.49. The molecule has 2 amide bonds. The molecule has 112 valence electrons. The van der Waals surface area contributed by atoms with Gasteiger partial charge < -0.3 is 0 Å². The Kier molecular flexibility index (Phi) is 3.24. The lowest BCUT2D eigenvalue weighted by molar-refractivity contribution is -0.138. The minimum atomic E-state index is -4.53. The number of carbonyl (C=O) groups excluding carboxylic acids is 2. The van der Waals surface area contributed by atoms with Crippen LogP contribution < -0.4 is 0 Å². The molecule has 2 aromatic rings. The van der Waals surface area contributed by atoms with E-state index in [1.54, 1.807) is 12.1 Å². The first-order valence-electron chi connectivity index (χ1n) is 6.50. The largest absolute Gasteiger partial charge is 0.416 e. The predicted octanol–water partition coefficient (Wildman–Crippen LogP) is 3.50. The van der Waals surface area contributed by atoms with E-state index in [0.717, 1.165) is 11.0 Å². The maximum atomic E-state index is 13.0. The molecular formula is C16H10F3NO2. The first kappa shape index (κ1) is 14.3. The highest BCUT2D eigenvalue weighted by molar-refractivity contribution is 6.21. The van der Waals surface area contributed by atoms with Gasteiger partial charge in [-0.1, -0.05) is 30.3 Å². The minimum absolute atomic E-state index is 0.107. The zero-order valence-electron chi connectivity index (χ0n) is 11.2. The molecule has 22 heavy (non-hydrogen) atoms. The summed E-state index contributed by atoms with van der Waals surface area (Å²) in [5.41, 5.74) is -0.509. The van der Waals surface area contributed by atoms with Crippen molar-refractivity contribution >= 4 is 11.8 Å². The molecule has 2 aromatic carbocycles. The van der Waals surface area contributed by atoms with Gasteiger partial charge in [-0.25, -0.2) is 0 Å². The summed E-state index contributed by atoms with van der Waals surface area (Å²) >= 11 is 0. The van der Waals surface area contributed by atoms with Crippen LogP contribution in [0.2, 0.25) is 0 Å². The van der Waals surface area contributed by atoms with Gasteiger partial charge in [-0.05, 0) is 23.8 Å². The predicted molar refractivity (Wildman–Crippen MR) is 72.1 cm³/mol. The number of rotatable bonds is 2. The van der Waals surface area contributed by atoms with Gasteiger partial charge in [0, 0.05) is 0 Å². The molecule has 3 rings (SSSR count). The van der Waals surface area contributed by atoms with Crippen molar-refractivity contribution in [1.29, 1.82) is 0 Å². The summed E-state index contributed by atoms with van der Waals surface area (Å²) in [7, 11) is 0. The van der Waals surface area contributed by atoms with Crippen LogP contribution in [0.25, 0.3) is 0 Å². The standard InChI is InChI=1S/C16H10F3NO2/c17-16(18,19)13-8-4-1-5-10(13)9-20-14(21)11-6-2-3-7-12(11)15(20)22/h1-8H,9H2. The highest BCUT2D eigenvalue weighted by Crippen LogP contribution is 2.33.